The fourth-order valence-electron chi connectivity index (χ4n) is 0.718. The zero-order valence-electron chi connectivity index (χ0n) is 12.0. The second kappa shape index (κ2) is 10.1. The molecule has 0 bridgehead atoms. The number of rotatable bonds is 4. The monoisotopic (exact) mass is 483 g/mol. The van der Waals surface area contributed by atoms with Gasteiger partial charge in [-0.15, -0.1) is 0 Å². The van der Waals surface area contributed by atoms with E-state index in [1.807, 2.05) is 0 Å². The summed E-state index contributed by atoms with van der Waals surface area (Å²) in [4.78, 5) is 32.1. The van der Waals surface area contributed by atoms with Crippen molar-refractivity contribution < 1.29 is 88.9 Å². The van der Waals surface area contributed by atoms with Crippen LogP contribution in [0.25, 0.3) is 0 Å². The molecule has 4 N–H and O–H groups in total. The van der Waals surface area contributed by atoms with Crippen molar-refractivity contribution in [1.82, 2.24) is 0 Å². The first-order valence-electron chi connectivity index (χ1n) is 5.58. The molecule has 0 atom stereocenters. The number of ketones is 4. The van der Waals surface area contributed by atoms with E-state index in [0.29, 0.717) is 0 Å². The van der Waals surface area contributed by atoms with Crippen LogP contribution >= 0.6 is 0 Å². The number of carbonyl (C=O) groups excluding carboxylic acids is 4. The molecule has 1 radical (unpaired) electrons. The standard InChI is InChI=1S/2C5H2F6O2.Cu/c2*6-4(7,8)2(12)1-3(13)5(9,10)11;/h2*1H2;/p+4. The molecule has 0 saturated heterocycles. The zero-order valence-corrected chi connectivity index (χ0v) is 13.0. The van der Waals surface area contributed by atoms with Crippen LogP contribution in [0.1, 0.15) is 12.8 Å². The van der Waals surface area contributed by atoms with Gasteiger partial charge in [0.1, 0.15) is 0 Å². The van der Waals surface area contributed by atoms with E-state index in [2.05, 4.69) is 0 Å². The molecule has 0 fully saturated rings. The molecule has 0 saturated carbocycles. The SMILES string of the molecule is [Cu].[OH+]=C(CC(=[OH+])C(F)(F)F)C(F)(F)F.[OH+]=C(CC(=[OH+])C(F)(F)F)C(F)(F)F. The summed E-state index contributed by atoms with van der Waals surface area (Å²) in [5.74, 6) is -9.55. The molecule has 0 unspecified atom stereocenters. The first-order chi connectivity index (χ1) is 11.1. The molecule has 17 heteroatoms. The molecule has 0 aromatic carbocycles. The third-order valence-electron chi connectivity index (χ3n) is 1.98. The van der Waals surface area contributed by atoms with E-state index in [0.717, 1.165) is 0 Å². The van der Waals surface area contributed by atoms with Gasteiger partial charge in [0.2, 0.25) is 0 Å². The third-order valence-corrected chi connectivity index (χ3v) is 1.98. The van der Waals surface area contributed by atoms with E-state index in [9.17, 15) is 52.7 Å². The Bertz CT molecular complexity index is 456. The van der Waals surface area contributed by atoms with Gasteiger partial charge in [0, 0.05) is 17.1 Å². The van der Waals surface area contributed by atoms with E-state index in [4.69, 9.17) is 19.2 Å². The molecule has 163 valence electrons. The maximum absolute atomic E-state index is 11.4. The Morgan fingerprint density at radius 3 is 0.593 bits per heavy atom. The number of hydrogen-bond donors (Lipinski definition) is 0. The van der Waals surface area contributed by atoms with Gasteiger partial charge in [-0.3, -0.25) is 19.2 Å². The Morgan fingerprint density at radius 1 is 0.407 bits per heavy atom. The summed E-state index contributed by atoms with van der Waals surface area (Å²) in [6, 6.07) is 0. The van der Waals surface area contributed by atoms with Crippen molar-refractivity contribution in [3.05, 3.63) is 0 Å². The van der Waals surface area contributed by atoms with Gasteiger partial charge in [-0.05, 0) is 0 Å². The Hall–Kier alpha value is -1.64. The smallest absolute Gasteiger partial charge is 0.273 e. The van der Waals surface area contributed by atoms with Gasteiger partial charge in [0.25, 0.3) is 0 Å². The average Bonchev–Trinajstić information content (AvgIpc) is 2.34. The minimum absolute atomic E-state index is 0. The zero-order chi connectivity index (χ0) is 21.7. The summed E-state index contributed by atoms with van der Waals surface area (Å²) in [6.07, 6.45) is -24.9. The quantitative estimate of drug-likeness (QED) is 0.255. The molecule has 4 nitrogen and oxygen atoms in total. The van der Waals surface area contributed by atoms with E-state index < -0.39 is 60.7 Å². The predicted molar refractivity (Wildman–Crippen MR) is 61.2 cm³/mol. The van der Waals surface area contributed by atoms with Crippen molar-refractivity contribution in [3.63, 3.8) is 0 Å². The second-order valence-corrected chi connectivity index (χ2v) is 4.13. The fourth-order valence-corrected chi connectivity index (χ4v) is 0.718. The summed E-state index contributed by atoms with van der Waals surface area (Å²) < 4.78 is 137. The van der Waals surface area contributed by atoms with Crippen LogP contribution in [0.2, 0.25) is 0 Å². The second-order valence-electron chi connectivity index (χ2n) is 4.13. The summed E-state index contributed by atoms with van der Waals surface area (Å²) in [5, 5.41) is 0. The molecule has 0 heterocycles. The first-order valence-corrected chi connectivity index (χ1v) is 5.58. The van der Waals surface area contributed by atoms with Gasteiger partial charge in [-0.2, -0.15) is 52.7 Å². The van der Waals surface area contributed by atoms with Crippen LogP contribution < -0.4 is 0 Å². The summed E-state index contributed by atoms with van der Waals surface area (Å²) in [7, 11) is 0. The number of halogens is 12. The van der Waals surface area contributed by atoms with Crippen LogP contribution in [0.15, 0.2) is 0 Å². The molecule has 27 heavy (non-hydrogen) atoms. The van der Waals surface area contributed by atoms with Crippen molar-refractivity contribution in [1.29, 1.82) is 0 Å². The Kier molecular flexibility index (Phi) is 11.2. The molecule has 0 aliphatic rings. The molecule has 0 rings (SSSR count). The van der Waals surface area contributed by atoms with E-state index in [-0.39, 0.29) is 17.1 Å². The van der Waals surface area contributed by atoms with Crippen molar-refractivity contribution in [2.24, 2.45) is 0 Å². The van der Waals surface area contributed by atoms with Crippen LogP contribution in [0.5, 0.6) is 0 Å². The number of alkyl halides is 12. The predicted octanol–water partition coefficient (Wildman–Crippen LogP) is 3.18. The maximum atomic E-state index is 11.4. The molecular weight excluding hydrogens is 476 g/mol. The van der Waals surface area contributed by atoms with Gasteiger partial charge in [0.15, 0.2) is 12.8 Å². The summed E-state index contributed by atoms with van der Waals surface area (Å²) >= 11 is 0. The van der Waals surface area contributed by atoms with E-state index >= 15 is 0 Å². The largest absolute Gasteiger partial charge is 0.505 e. The summed E-state index contributed by atoms with van der Waals surface area (Å²) in [5.41, 5.74) is 0. The van der Waals surface area contributed by atoms with Gasteiger partial charge in [-0.1, -0.05) is 0 Å². The van der Waals surface area contributed by atoms with E-state index in [1.165, 1.54) is 0 Å². The minimum atomic E-state index is -5.25. The van der Waals surface area contributed by atoms with Crippen molar-refractivity contribution >= 4 is 23.1 Å². The van der Waals surface area contributed by atoms with Gasteiger partial charge >= 0.3 is 47.8 Å². The fraction of sp³-hybridized carbons (Fsp3) is 0.600. The molecule has 0 aromatic rings. The number of hydrogen-bond acceptors (Lipinski definition) is 0. The van der Waals surface area contributed by atoms with Crippen molar-refractivity contribution in [2.45, 2.75) is 37.5 Å². The van der Waals surface area contributed by atoms with Crippen LogP contribution in [0.3, 0.4) is 0 Å². The van der Waals surface area contributed by atoms with Gasteiger partial charge < -0.3 is 0 Å². The minimum Gasteiger partial charge on any atom is -0.273 e. The molecular formula is C10H8CuF12O4+4. The molecule has 0 aliphatic heterocycles. The van der Waals surface area contributed by atoms with E-state index in [1.54, 1.807) is 0 Å². The maximum Gasteiger partial charge on any atom is 0.505 e. The third kappa shape index (κ3) is 13.2. The summed E-state index contributed by atoms with van der Waals surface area (Å²) in [6.45, 7) is 0. The Morgan fingerprint density at radius 2 is 0.519 bits per heavy atom. The molecule has 0 aromatic heterocycles. The Labute approximate surface area is 150 Å². The van der Waals surface area contributed by atoms with Crippen molar-refractivity contribution in [3.8, 4) is 0 Å². The molecule has 0 amide bonds. The first kappa shape index (κ1) is 30.1. The Balaban J connectivity index is -0.000000411. The van der Waals surface area contributed by atoms with Crippen LogP contribution in [0.4, 0.5) is 52.7 Å². The van der Waals surface area contributed by atoms with Gasteiger partial charge in [-0.25, -0.2) is 0 Å². The van der Waals surface area contributed by atoms with Gasteiger partial charge in [0.05, 0.1) is 0 Å². The van der Waals surface area contributed by atoms with Crippen LogP contribution in [-0.4, -0.2) is 67.0 Å². The van der Waals surface area contributed by atoms with Crippen molar-refractivity contribution in [2.75, 3.05) is 0 Å². The van der Waals surface area contributed by atoms with Crippen LogP contribution in [-0.2, 0) is 17.1 Å². The topological polar surface area (TPSA) is 85.6 Å². The van der Waals surface area contributed by atoms with Crippen LogP contribution in [0, 0.1) is 0 Å². The normalized spacial score (nSPS) is 12.3. The molecule has 0 spiro atoms. The molecule has 0 aliphatic carbocycles. The average molecular weight is 484 g/mol.